The van der Waals surface area contributed by atoms with E-state index in [2.05, 4.69) is 19.2 Å². The van der Waals surface area contributed by atoms with Gasteiger partial charge in [-0.25, -0.2) is 0 Å². The number of amides is 1. The molecule has 0 aromatic heterocycles. The Balaban J connectivity index is 1.90. The van der Waals surface area contributed by atoms with E-state index in [9.17, 15) is 4.79 Å². The SMILES string of the molecule is CC(C)CC1NCN(C2CCOCC2)C1=O. The van der Waals surface area contributed by atoms with Gasteiger partial charge in [0, 0.05) is 19.3 Å². The van der Waals surface area contributed by atoms with Crippen LogP contribution in [0, 0.1) is 5.92 Å². The molecule has 2 rings (SSSR count). The first-order chi connectivity index (χ1) is 7.68. The zero-order valence-electron chi connectivity index (χ0n) is 10.2. The van der Waals surface area contributed by atoms with E-state index in [1.807, 2.05) is 4.90 Å². The highest BCUT2D eigenvalue weighted by Crippen LogP contribution is 2.20. The molecule has 0 spiro atoms. The van der Waals surface area contributed by atoms with Gasteiger partial charge in [-0.15, -0.1) is 0 Å². The maximum absolute atomic E-state index is 12.2. The van der Waals surface area contributed by atoms with Crippen LogP contribution < -0.4 is 5.32 Å². The monoisotopic (exact) mass is 226 g/mol. The van der Waals surface area contributed by atoms with Gasteiger partial charge in [0.25, 0.3) is 0 Å². The number of ether oxygens (including phenoxy) is 1. The average molecular weight is 226 g/mol. The molecule has 2 fully saturated rings. The van der Waals surface area contributed by atoms with E-state index in [1.165, 1.54) is 0 Å². The van der Waals surface area contributed by atoms with Crippen molar-refractivity contribution in [1.82, 2.24) is 10.2 Å². The van der Waals surface area contributed by atoms with Crippen LogP contribution in [0.1, 0.15) is 33.1 Å². The highest BCUT2D eigenvalue weighted by atomic mass is 16.5. The lowest BCUT2D eigenvalue weighted by Gasteiger charge is -2.30. The summed E-state index contributed by atoms with van der Waals surface area (Å²) < 4.78 is 5.33. The van der Waals surface area contributed by atoms with Crippen molar-refractivity contribution in [2.45, 2.75) is 45.2 Å². The van der Waals surface area contributed by atoms with Gasteiger partial charge in [0.1, 0.15) is 0 Å². The van der Waals surface area contributed by atoms with Gasteiger partial charge in [0.05, 0.1) is 12.7 Å². The van der Waals surface area contributed by atoms with E-state index in [4.69, 9.17) is 4.74 Å². The smallest absolute Gasteiger partial charge is 0.241 e. The summed E-state index contributed by atoms with van der Waals surface area (Å²) in [5.41, 5.74) is 0. The molecule has 4 nitrogen and oxygen atoms in total. The first-order valence-corrected chi connectivity index (χ1v) is 6.30. The quantitative estimate of drug-likeness (QED) is 0.779. The number of nitrogens with one attached hydrogen (secondary N) is 1. The molecular weight excluding hydrogens is 204 g/mol. The molecule has 1 amide bonds. The van der Waals surface area contributed by atoms with Crippen molar-refractivity contribution in [3.63, 3.8) is 0 Å². The molecule has 2 aliphatic rings. The first kappa shape index (κ1) is 11.9. The molecule has 0 aromatic rings. The predicted octanol–water partition coefficient (Wildman–Crippen LogP) is 0.969. The van der Waals surface area contributed by atoms with Crippen LogP contribution >= 0.6 is 0 Å². The molecule has 2 heterocycles. The van der Waals surface area contributed by atoms with E-state index < -0.39 is 0 Å². The largest absolute Gasteiger partial charge is 0.381 e. The third kappa shape index (κ3) is 2.55. The molecule has 0 aromatic carbocycles. The number of hydrogen-bond donors (Lipinski definition) is 1. The molecule has 1 unspecified atom stereocenters. The van der Waals surface area contributed by atoms with Crippen molar-refractivity contribution in [3.05, 3.63) is 0 Å². The molecule has 1 N–H and O–H groups in total. The fraction of sp³-hybridized carbons (Fsp3) is 0.917. The van der Waals surface area contributed by atoms with Crippen LogP contribution in [0.2, 0.25) is 0 Å². The molecule has 2 saturated heterocycles. The van der Waals surface area contributed by atoms with Gasteiger partial charge in [-0.1, -0.05) is 13.8 Å². The zero-order valence-corrected chi connectivity index (χ0v) is 10.2. The Kier molecular flexibility index (Phi) is 3.82. The minimum absolute atomic E-state index is 0.0443. The van der Waals surface area contributed by atoms with E-state index in [0.29, 0.717) is 17.9 Å². The lowest BCUT2D eigenvalue weighted by molar-refractivity contribution is -0.132. The number of hydrogen-bond acceptors (Lipinski definition) is 3. The Labute approximate surface area is 97.3 Å². The van der Waals surface area contributed by atoms with Crippen molar-refractivity contribution in [2.24, 2.45) is 5.92 Å². The molecule has 1 atom stereocenters. The standard InChI is InChI=1S/C12H22N2O2/c1-9(2)7-11-12(15)14(8-13-11)10-3-5-16-6-4-10/h9-11,13H,3-8H2,1-2H3. The van der Waals surface area contributed by atoms with Crippen LogP contribution in [0.4, 0.5) is 0 Å². The molecule has 0 saturated carbocycles. The second-order valence-electron chi connectivity index (χ2n) is 5.20. The molecule has 2 aliphatic heterocycles. The molecule has 4 heteroatoms. The fourth-order valence-corrected chi connectivity index (χ4v) is 2.54. The Morgan fingerprint density at radius 2 is 2.12 bits per heavy atom. The van der Waals surface area contributed by atoms with Crippen LogP contribution in [-0.4, -0.2) is 42.8 Å². The average Bonchev–Trinajstić information content (AvgIpc) is 2.61. The Hall–Kier alpha value is -0.610. The lowest BCUT2D eigenvalue weighted by Crippen LogP contribution is -2.42. The van der Waals surface area contributed by atoms with Gasteiger partial charge < -0.3 is 9.64 Å². The molecule has 0 radical (unpaired) electrons. The van der Waals surface area contributed by atoms with E-state index in [1.54, 1.807) is 0 Å². The topological polar surface area (TPSA) is 41.6 Å². The first-order valence-electron chi connectivity index (χ1n) is 6.30. The van der Waals surface area contributed by atoms with Gasteiger partial charge in [-0.3, -0.25) is 10.1 Å². The molecule has 0 bridgehead atoms. The number of carbonyl (C=O) groups excluding carboxylic acids is 1. The van der Waals surface area contributed by atoms with Gasteiger partial charge in [-0.05, 0) is 25.2 Å². The molecule has 0 aliphatic carbocycles. The second kappa shape index (κ2) is 5.15. The summed E-state index contributed by atoms with van der Waals surface area (Å²) in [6.07, 6.45) is 2.92. The van der Waals surface area contributed by atoms with Gasteiger partial charge in [0.2, 0.25) is 5.91 Å². The third-order valence-electron chi connectivity index (χ3n) is 3.43. The van der Waals surface area contributed by atoms with Crippen molar-refractivity contribution in [1.29, 1.82) is 0 Å². The fourth-order valence-electron chi connectivity index (χ4n) is 2.54. The lowest BCUT2D eigenvalue weighted by atomic mass is 10.0. The van der Waals surface area contributed by atoms with E-state index >= 15 is 0 Å². The third-order valence-corrected chi connectivity index (χ3v) is 3.43. The Bertz CT molecular complexity index is 249. The summed E-state index contributed by atoms with van der Waals surface area (Å²) in [7, 11) is 0. The van der Waals surface area contributed by atoms with E-state index in [-0.39, 0.29) is 6.04 Å². The maximum Gasteiger partial charge on any atom is 0.241 e. The van der Waals surface area contributed by atoms with Crippen LogP contribution in [0.15, 0.2) is 0 Å². The highest BCUT2D eigenvalue weighted by Gasteiger charge is 2.35. The number of carbonyl (C=O) groups is 1. The van der Waals surface area contributed by atoms with E-state index in [0.717, 1.165) is 39.1 Å². The van der Waals surface area contributed by atoms with Crippen molar-refractivity contribution >= 4 is 5.91 Å². The van der Waals surface area contributed by atoms with Crippen LogP contribution in [-0.2, 0) is 9.53 Å². The molecular formula is C12H22N2O2. The normalized spacial score (nSPS) is 28.1. The van der Waals surface area contributed by atoms with Crippen molar-refractivity contribution < 1.29 is 9.53 Å². The van der Waals surface area contributed by atoms with Crippen molar-refractivity contribution in [3.8, 4) is 0 Å². The van der Waals surface area contributed by atoms with Crippen LogP contribution in [0.3, 0.4) is 0 Å². The summed E-state index contributed by atoms with van der Waals surface area (Å²) in [5, 5.41) is 3.32. The number of nitrogens with zero attached hydrogens (tertiary/aromatic N) is 1. The summed E-state index contributed by atoms with van der Waals surface area (Å²) in [6.45, 7) is 6.63. The summed E-state index contributed by atoms with van der Waals surface area (Å²) in [6, 6.07) is 0.439. The predicted molar refractivity (Wildman–Crippen MR) is 61.9 cm³/mol. The minimum atomic E-state index is 0.0443. The number of rotatable bonds is 3. The van der Waals surface area contributed by atoms with Crippen LogP contribution in [0.5, 0.6) is 0 Å². The van der Waals surface area contributed by atoms with Crippen molar-refractivity contribution in [2.75, 3.05) is 19.9 Å². The maximum atomic E-state index is 12.2. The van der Waals surface area contributed by atoms with Gasteiger partial charge in [-0.2, -0.15) is 0 Å². The van der Waals surface area contributed by atoms with Gasteiger partial charge >= 0.3 is 0 Å². The summed E-state index contributed by atoms with van der Waals surface area (Å²) >= 11 is 0. The summed E-state index contributed by atoms with van der Waals surface area (Å²) in [5.74, 6) is 0.858. The zero-order chi connectivity index (χ0) is 11.5. The molecule has 16 heavy (non-hydrogen) atoms. The Morgan fingerprint density at radius 3 is 2.75 bits per heavy atom. The second-order valence-corrected chi connectivity index (χ2v) is 5.20. The highest BCUT2D eigenvalue weighted by molar-refractivity contribution is 5.84. The minimum Gasteiger partial charge on any atom is -0.381 e. The molecule has 92 valence electrons. The van der Waals surface area contributed by atoms with Crippen LogP contribution in [0.25, 0.3) is 0 Å². The summed E-state index contributed by atoms with van der Waals surface area (Å²) in [4.78, 5) is 14.2. The Morgan fingerprint density at radius 1 is 1.44 bits per heavy atom. The van der Waals surface area contributed by atoms with Gasteiger partial charge in [0.15, 0.2) is 0 Å².